The third-order valence-electron chi connectivity index (χ3n) is 4.31. The van der Waals surface area contributed by atoms with Crippen LogP contribution in [0.4, 0.5) is 0 Å². The van der Waals surface area contributed by atoms with Gasteiger partial charge >= 0.3 is 0 Å². The lowest BCUT2D eigenvalue weighted by molar-refractivity contribution is -0.120. The first-order valence-electron chi connectivity index (χ1n) is 6.98. The minimum Gasteiger partial charge on any atom is -0.343 e. The van der Waals surface area contributed by atoms with Gasteiger partial charge in [-0.15, -0.1) is 0 Å². The first-order valence-corrected chi connectivity index (χ1v) is 6.98. The maximum Gasteiger partial charge on any atom is 0.217 e. The molecule has 3 heteroatoms. The van der Waals surface area contributed by atoms with E-state index in [0.717, 1.165) is 24.0 Å². The van der Waals surface area contributed by atoms with Gasteiger partial charge in [-0.3, -0.25) is 9.59 Å². The summed E-state index contributed by atoms with van der Waals surface area (Å²) in [7, 11) is 0. The van der Waals surface area contributed by atoms with Crippen LogP contribution in [-0.2, 0) is 24.1 Å². The fourth-order valence-corrected chi connectivity index (χ4v) is 3.44. The standard InChI is InChI=1S/C16H19NO2/c1-10(18)17-16(2)9-13-7-11-5-3-4-6-12(11)8-14(13)15(16)19/h7-8H,3-6,9H2,1-2H3,(H,17,18). The van der Waals surface area contributed by atoms with Gasteiger partial charge in [0.15, 0.2) is 5.78 Å². The van der Waals surface area contributed by atoms with E-state index in [1.165, 1.54) is 30.9 Å². The smallest absolute Gasteiger partial charge is 0.217 e. The summed E-state index contributed by atoms with van der Waals surface area (Å²) >= 11 is 0. The fourth-order valence-electron chi connectivity index (χ4n) is 3.44. The van der Waals surface area contributed by atoms with Gasteiger partial charge in [0.25, 0.3) is 0 Å². The number of fused-ring (bicyclic) bond motifs is 2. The van der Waals surface area contributed by atoms with Crippen LogP contribution in [0.2, 0.25) is 0 Å². The molecule has 2 aliphatic carbocycles. The van der Waals surface area contributed by atoms with E-state index in [9.17, 15) is 9.59 Å². The summed E-state index contributed by atoms with van der Waals surface area (Å²) in [6, 6.07) is 4.26. The Morgan fingerprint density at radius 3 is 2.42 bits per heavy atom. The van der Waals surface area contributed by atoms with Crippen molar-refractivity contribution in [3.63, 3.8) is 0 Å². The Morgan fingerprint density at radius 1 is 1.16 bits per heavy atom. The predicted octanol–water partition coefficient (Wildman–Crippen LogP) is 2.20. The van der Waals surface area contributed by atoms with Crippen LogP contribution in [0, 0.1) is 0 Å². The molecule has 100 valence electrons. The fraction of sp³-hybridized carbons (Fsp3) is 0.500. The molecule has 0 saturated heterocycles. The highest BCUT2D eigenvalue weighted by Gasteiger charge is 2.42. The van der Waals surface area contributed by atoms with Gasteiger partial charge in [-0.2, -0.15) is 0 Å². The number of ketones is 1. The molecule has 0 aromatic heterocycles. The van der Waals surface area contributed by atoms with E-state index in [1.807, 2.05) is 6.92 Å². The van der Waals surface area contributed by atoms with Gasteiger partial charge in [0.1, 0.15) is 5.54 Å². The SMILES string of the molecule is CC(=O)NC1(C)Cc2cc3c(cc2C1=O)CCCC3. The number of rotatable bonds is 1. The van der Waals surface area contributed by atoms with E-state index >= 15 is 0 Å². The van der Waals surface area contributed by atoms with Crippen LogP contribution in [0.15, 0.2) is 12.1 Å². The van der Waals surface area contributed by atoms with Crippen LogP contribution in [0.5, 0.6) is 0 Å². The van der Waals surface area contributed by atoms with E-state index in [2.05, 4.69) is 17.4 Å². The Labute approximate surface area is 113 Å². The molecule has 1 N–H and O–H groups in total. The highest BCUT2D eigenvalue weighted by molar-refractivity contribution is 6.09. The molecular weight excluding hydrogens is 238 g/mol. The molecule has 1 aromatic rings. The van der Waals surface area contributed by atoms with E-state index in [4.69, 9.17) is 0 Å². The maximum absolute atomic E-state index is 12.5. The minimum absolute atomic E-state index is 0.0612. The van der Waals surface area contributed by atoms with Gasteiger partial charge in [0, 0.05) is 18.9 Å². The highest BCUT2D eigenvalue weighted by Crippen LogP contribution is 2.34. The van der Waals surface area contributed by atoms with E-state index < -0.39 is 5.54 Å². The van der Waals surface area contributed by atoms with Gasteiger partial charge in [-0.25, -0.2) is 0 Å². The first-order chi connectivity index (χ1) is 8.99. The number of nitrogens with one attached hydrogen (secondary N) is 1. The van der Waals surface area contributed by atoms with Crippen molar-refractivity contribution in [2.75, 3.05) is 0 Å². The number of aryl methyl sites for hydroxylation is 2. The average molecular weight is 257 g/mol. The summed E-state index contributed by atoms with van der Waals surface area (Å²) in [4.78, 5) is 23.8. The van der Waals surface area contributed by atoms with Crippen molar-refractivity contribution in [3.05, 3.63) is 34.4 Å². The van der Waals surface area contributed by atoms with Crippen LogP contribution < -0.4 is 5.32 Å². The van der Waals surface area contributed by atoms with E-state index in [1.54, 1.807) is 0 Å². The summed E-state index contributed by atoms with van der Waals surface area (Å²) in [5.41, 5.74) is 3.88. The first kappa shape index (κ1) is 12.4. The zero-order valence-electron chi connectivity index (χ0n) is 11.5. The zero-order chi connectivity index (χ0) is 13.6. The Balaban J connectivity index is 2.01. The number of amides is 1. The Morgan fingerprint density at radius 2 is 1.79 bits per heavy atom. The largest absolute Gasteiger partial charge is 0.343 e. The second kappa shape index (κ2) is 4.19. The molecule has 0 bridgehead atoms. The minimum atomic E-state index is -0.752. The van der Waals surface area contributed by atoms with Gasteiger partial charge in [0.2, 0.25) is 5.91 Å². The van der Waals surface area contributed by atoms with Crippen molar-refractivity contribution < 1.29 is 9.59 Å². The van der Waals surface area contributed by atoms with Crippen molar-refractivity contribution >= 4 is 11.7 Å². The predicted molar refractivity (Wildman–Crippen MR) is 73.3 cm³/mol. The lowest BCUT2D eigenvalue weighted by Crippen LogP contribution is -2.49. The van der Waals surface area contributed by atoms with Crippen molar-refractivity contribution in [3.8, 4) is 0 Å². The molecule has 0 radical (unpaired) electrons. The maximum atomic E-state index is 12.5. The number of carbonyl (C=O) groups excluding carboxylic acids is 2. The Bertz CT molecular complexity index is 576. The monoisotopic (exact) mass is 257 g/mol. The topological polar surface area (TPSA) is 46.2 Å². The molecule has 3 rings (SSSR count). The molecule has 2 aliphatic rings. The molecule has 0 heterocycles. The zero-order valence-corrected chi connectivity index (χ0v) is 11.5. The molecule has 3 nitrogen and oxygen atoms in total. The van der Waals surface area contributed by atoms with E-state index in [-0.39, 0.29) is 11.7 Å². The summed E-state index contributed by atoms with van der Waals surface area (Å²) in [6.45, 7) is 3.29. The Hall–Kier alpha value is -1.64. The van der Waals surface area contributed by atoms with Crippen LogP contribution in [-0.4, -0.2) is 17.2 Å². The van der Waals surface area contributed by atoms with E-state index in [0.29, 0.717) is 6.42 Å². The van der Waals surface area contributed by atoms with Crippen molar-refractivity contribution in [1.82, 2.24) is 5.32 Å². The van der Waals surface area contributed by atoms with Crippen molar-refractivity contribution in [2.24, 2.45) is 0 Å². The molecule has 0 fully saturated rings. The number of carbonyl (C=O) groups is 2. The lowest BCUT2D eigenvalue weighted by atomic mass is 9.89. The van der Waals surface area contributed by atoms with Crippen molar-refractivity contribution in [2.45, 2.75) is 51.5 Å². The lowest BCUT2D eigenvalue weighted by Gasteiger charge is -2.22. The molecule has 1 atom stereocenters. The molecular formula is C16H19NO2. The summed E-state index contributed by atoms with van der Waals surface area (Å²) in [6.07, 6.45) is 5.26. The third-order valence-corrected chi connectivity index (χ3v) is 4.31. The third kappa shape index (κ3) is 1.97. The second-order valence-electron chi connectivity index (χ2n) is 6.00. The van der Waals surface area contributed by atoms with Gasteiger partial charge in [0.05, 0.1) is 0 Å². The molecule has 0 aliphatic heterocycles. The summed E-state index contributed by atoms with van der Waals surface area (Å²) in [5.74, 6) is -0.0838. The van der Waals surface area contributed by atoms with Crippen LogP contribution >= 0.6 is 0 Å². The number of hydrogen-bond acceptors (Lipinski definition) is 2. The molecule has 0 spiro atoms. The van der Waals surface area contributed by atoms with Gasteiger partial charge in [-0.05, 0) is 55.4 Å². The van der Waals surface area contributed by atoms with Crippen molar-refractivity contribution in [1.29, 1.82) is 0 Å². The van der Waals surface area contributed by atoms with Crippen LogP contribution in [0.25, 0.3) is 0 Å². The number of Topliss-reactive ketones (excluding diaryl/α,β-unsaturated/α-hetero) is 1. The quantitative estimate of drug-likeness (QED) is 0.838. The number of hydrogen-bond donors (Lipinski definition) is 1. The molecule has 1 amide bonds. The molecule has 1 aromatic carbocycles. The number of benzene rings is 1. The van der Waals surface area contributed by atoms with Gasteiger partial charge in [-0.1, -0.05) is 6.07 Å². The van der Waals surface area contributed by atoms with Crippen LogP contribution in [0.1, 0.15) is 53.7 Å². The molecule has 0 saturated carbocycles. The van der Waals surface area contributed by atoms with Gasteiger partial charge < -0.3 is 5.32 Å². The average Bonchev–Trinajstić information content (AvgIpc) is 2.58. The summed E-state index contributed by atoms with van der Waals surface area (Å²) in [5, 5.41) is 2.82. The highest BCUT2D eigenvalue weighted by atomic mass is 16.2. The second-order valence-corrected chi connectivity index (χ2v) is 6.00. The van der Waals surface area contributed by atoms with Crippen LogP contribution in [0.3, 0.4) is 0 Å². The molecule has 19 heavy (non-hydrogen) atoms. The molecule has 1 unspecified atom stereocenters. The normalized spacial score (nSPS) is 24.8. The Kier molecular flexibility index (Phi) is 2.73. The summed E-state index contributed by atoms with van der Waals surface area (Å²) < 4.78 is 0.